The Bertz CT molecular complexity index is 144. The average Bonchev–Trinajstić information content (AvgIpc) is 2.33. The van der Waals surface area contributed by atoms with Gasteiger partial charge in [-0.05, 0) is 0 Å². The number of aliphatic hydroxyl groups is 3. The average molecular weight is 179 g/mol. The van der Waals surface area contributed by atoms with Crippen molar-refractivity contribution < 1.29 is 24.9 Å². The molecule has 4 N–H and O–H groups in total. The van der Waals surface area contributed by atoms with Crippen LogP contribution in [-0.2, 0) is 9.57 Å². The van der Waals surface area contributed by atoms with Gasteiger partial charge in [0.05, 0.1) is 13.7 Å². The first-order valence-electron chi connectivity index (χ1n) is 3.61. The first-order chi connectivity index (χ1) is 5.70. The van der Waals surface area contributed by atoms with E-state index in [2.05, 4.69) is 10.3 Å². The van der Waals surface area contributed by atoms with Crippen LogP contribution >= 0.6 is 0 Å². The molecule has 1 rings (SSSR count). The van der Waals surface area contributed by atoms with Crippen LogP contribution in [0, 0.1) is 0 Å². The second kappa shape index (κ2) is 4.13. The molecule has 1 fully saturated rings. The van der Waals surface area contributed by atoms with E-state index in [1.165, 1.54) is 7.11 Å². The Morgan fingerprint density at radius 1 is 1.42 bits per heavy atom. The van der Waals surface area contributed by atoms with Gasteiger partial charge in [0.25, 0.3) is 0 Å². The number of hydroxylamine groups is 1. The number of aliphatic hydroxyl groups excluding tert-OH is 3. The predicted octanol–water partition coefficient (Wildman–Crippen LogP) is -2.42. The molecule has 0 spiro atoms. The molecule has 0 radical (unpaired) electrons. The fraction of sp³-hybridized carbons (Fsp3) is 1.00. The highest BCUT2D eigenvalue weighted by atomic mass is 16.7. The maximum absolute atomic E-state index is 9.26. The molecule has 72 valence electrons. The fourth-order valence-electron chi connectivity index (χ4n) is 1.11. The third-order valence-corrected chi connectivity index (χ3v) is 1.78. The van der Waals surface area contributed by atoms with Gasteiger partial charge in [-0.2, -0.15) is 5.48 Å². The van der Waals surface area contributed by atoms with E-state index >= 15 is 0 Å². The molecule has 0 aromatic rings. The molecule has 4 atom stereocenters. The number of rotatable bonds is 3. The quantitative estimate of drug-likeness (QED) is 0.360. The second-order valence-corrected chi connectivity index (χ2v) is 2.58. The highest BCUT2D eigenvalue weighted by Gasteiger charge is 2.42. The van der Waals surface area contributed by atoms with Crippen molar-refractivity contribution in [2.45, 2.75) is 24.5 Å². The number of hydrogen-bond donors (Lipinski definition) is 4. The second-order valence-electron chi connectivity index (χ2n) is 2.58. The van der Waals surface area contributed by atoms with Crippen molar-refractivity contribution in [3.8, 4) is 0 Å². The van der Waals surface area contributed by atoms with Gasteiger partial charge < -0.3 is 24.9 Å². The zero-order chi connectivity index (χ0) is 9.14. The van der Waals surface area contributed by atoms with Crippen LogP contribution in [0.3, 0.4) is 0 Å². The van der Waals surface area contributed by atoms with Crippen LogP contribution in [0.25, 0.3) is 0 Å². The largest absolute Gasteiger partial charge is 0.394 e. The van der Waals surface area contributed by atoms with Crippen LogP contribution in [0.1, 0.15) is 0 Å². The molecule has 1 heterocycles. The minimum absolute atomic E-state index is 0.333. The minimum Gasteiger partial charge on any atom is -0.394 e. The zero-order valence-electron chi connectivity index (χ0n) is 6.67. The molecular formula is C6H13NO5. The van der Waals surface area contributed by atoms with Crippen molar-refractivity contribution in [3.63, 3.8) is 0 Å². The zero-order valence-corrected chi connectivity index (χ0v) is 6.67. The summed E-state index contributed by atoms with van der Waals surface area (Å²) in [5.41, 5.74) is 2.35. The third-order valence-electron chi connectivity index (χ3n) is 1.78. The number of ether oxygens (including phenoxy) is 1. The van der Waals surface area contributed by atoms with Crippen molar-refractivity contribution in [3.05, 3.63) is 0 Å². The van der Waals surface area contributed by atoms with Crippen molar-refractivity contribution in [2.75, 3.05) is 13.7 Å². The molecule has 12 heavy (non-hydrogen) atoms. The third kappa shape index (κ3) is 1.74. The van der Waals surface area contributed by atoms with E-state index in [1.807, 2.05) is 0 Å². The Morgan fingerprint density at radius 2 is 2.08 bits per heavy atom. The summed E-state index contributed by atoms with van der Waals surface area (Å²) < 4.78 is 4.99. The van der Waals surface area contributed by atoms with E-state index in [-0.39, 0.29) is 6.61 Å². The van der Waals surface area contributed by atoms with Gasteiger partial charge in [-0.3, -0.25) is 0 Å². The van der Waals surface area contributed by atoms with Gasteiger partial charge in [-0.15, -0.1) is 0 Å². The van der Waals surface area contributed by atoms with Crippen LogP contribution in [0.5, 0.6) is 0 Å². The topological polar surface area (TPSA) is 91.2 Å². The Kier molecular flexibility index (Phi) is 3.39. The summed E-state index contributed by atoms with van der Waals surface area (Å²) in [5, 5.41) is 27.2. The van der Waals surface area contributed by atoms with Crippen LogP contribution in [0.15, 0.2) is 0 Å². The molecule has 0 aliphatic carbocycles. The first-order valence-corrected chi connectivity index (χ1v) is 3.61. The summed E-state index contributed by atoms with van der Waals surface area (Å²) in [6.07, 6.45) is -3.71. The Labute approximate surface area is 69.7 Å². The maximum atomic E-state index is 9.26. The highest BCUT2D eigenvalue weighted by Crippen LogP contribution is 2.18. The lowest BCUT2D eigenvalue weighted by molar-refractivity contribution is -0.102. The molecule has 0 bridgehead atoms. The summed E-state index contributed by atoms with van der Waals surface area (Å²) in [6.45, 7) is -0.333. The lowest BCUT2D eigenvalue weighted by atomic mass is 10.1. The molecular weight excluding hydrogens is 166 g/mol. The van der Waals surface area contributed by atoms with Gasteiger partial charge in [0.15, 0.2) is 6.23 Å². The maximum Gasteiger partial charge on any atom is 0.159 e. The summed E-state index contributed by atoms with van der Waals surface area (Å²) in [5.74, 6) is 0. The van der Waals surface area contributed by atoms with E-state index in [0.29, 0.717) is 0 Å². The molecule has 0 amide bonds. The molecule has 1 unspecified atom stereocenters. The molecule has 0 aromatic carbocycles. The summed E-state index contributed by atoms with van der Waals surface area (Å²) >= 11 is 0. The SMILES string of the molecule is CONC1O[C@H](CO)[C@@H](O)[C@H]1O. The van der Waals surface area contributed by atoms with E-state index in [9.17, 15) is 10.2 Å². The van der Waals surface area contributed by atoms with Crippen molar-refractivity contribution in [1.29, 1.82) is 0 Å². The highest BCUT2D eigenvalue weighted by molar-refractivity contribution is 4.87. The van der Waals surface area contributed by atoms with Gasteiger partial charge in [0.1, 0.15) is 18.3 Å². The van der Waals surface area contributed by atoms with Gasteiger partial charge in [0, 0.05) is 0 Å². The molecule has 6 heteroatoms. The van der Waals surface area contributed by atoms with Crippen molar-refractivity contribution >= 4 is 0 Å². The number of nitrogens with one attached hydrogen (secondary N) is 1. The van der Waals surface area contributed by atoms with E-state index in [1.54, 1.807) is 0 Å². The molecule has 6 nitrogen and oxygen atoms in total. The van der Waals surface area contributed by atoms with Crippen LogP contribution in [0.4, 0.5) is 0 Å². The Balaban J connectivity index is 2.48. The lowest BCUT2D eigenvalue weighted by Crippen LogP contribution is -2.40. The van der Waals surface area contributed by atoms with Crippen LogP contribution < -0.4 is 5.48 Å². The number of hydrogen-bond acceptors (Lipinski definition) is 6. The van der Waals surface area contributed by atoms with Crippen molar-refractivity contribution in [2.24, 2.45) is 0 Å². The Morgan fingerprint density at radius 3 is 2.50 bits per heavy atom. The Hall–Kier alpha value is -0.240. The van der Waals surface area contributed by atoms with Crippen LogP contribution in [0.2, 0.25) is 0 Å². The minimum atomic E-state index is -1.08. The molecule has 1 saturated heterocycles. The van der Waals surface area contributed by atoms with Gasteiger partial charge in [0.2, 0.25) is 0 Å². The normalized spacial score (nSPS) is 42.0. The monoisotopic (exact) mass is 179 g/mol. The summed E-state index contributed by atoms with van der Waals surface area (Å²) in [6, 6.07) is 0. The van der Waals surface area contributed by atoms with Crippen LogP contribution in [-0.4, -0.2) is 53.6 Å². The summed E-state index contributed by atoms with van der Waals surface area (Å²) in [7, 11) is 1.37. The van der Waals surface area contributed by atoms with E-state index in [0.717, 1.165) is 0 Å². The van der Waals surface area contributed by atoms with Gasteiger partial charge in [-0.1, -0.05) is 0 Å². The van der Waals surface area contributed by atoms with Gasteiger partial charge >= 0.3 is 0 Å². The molecule has 0 aromatic heterocycles. The molecule has 0 saturated carbocycles. The predicted molar refractivity (Wildman–Crippen MR) is 37.9 cm³/mol. The first kappa shape index (κ1) is 9.85. The van der Waals surface area contributed by atoms with Crippen molar-refractivity contribution in [1.82, 2.24) is 5.48 Å². The van der Waals surface area contributed by atoms with E-state index in [4.69, 9.17) is 9.84 Å². The summed E-state index contributed by atoms with van der Waals surface area (Å²) in [4.78, 5) is 4.51. The molecule has 1 aliphatic rings. The fourth-order valence-corrected chi connectivity index (χ4v) is 1.11. The standard InChI is InChI=1S/C6H13NO5/c1-11-7-6-5(10)4(9)3(2-8)12-6/h3-10H,2H2,1H3/t3-,4-,5-,6?/m1/s1. The molecule has 1 aliphatic heterocycles. The lowest BCUT2D eigenvalue weighted by Gasteiger charge is -2.13. The van der Waals surface area contributed by atoms with E-state index < -0.39 is 24.5 Å². The smallest absolute Gasteiger partial charge is 0.159 e. The van der Waals surface area contributed by atoms with Gasteiger partial charge in [-0.25, -0.2) is 0 Å².